The molecule has 0 aliphatic heterocycles. The predicted octanol–water partition coefficient (Wildman–Crippen LogP) is 4.47. The molecule has 6 nitrogen and oxygen atoms in total. The van der Waals surface area contributed by atoms with Crippen LogP contribution in [0.4, 0.5) is 5.69 Å². The number of hydrogen-bond donors (Lipinski definition) is 1. The maximum atomic E-state index is 5.47. The number of fused-ring (bicyclic) bond motifs is 1. The molecule has 1 N–H and O–H groups in total. The topological polar surface area (TPSA) is 76.7 Å². The molecule has 3 heterocycles. The summed E-state index contributed by atoms with van der Waals surface area (Å²) < 4.78 is 5.47. The Kier molecular flexibility index (Phi) is 4.54. The Hall–Kier alpha value is -3.28. The minimum absolute atomic E-state index is 0.467. The van der Waals surface area contributed by atoms with Gasteiger partial charge in [0.15, 0.2) is 11.5 Å². The third-order valence-corrected chi connectivity index (χ3v) is 4.60. The van der Waals surface area contributed by atoms with Gasteiger partial charge in [0.2, 0.25) is 0 Å². The Balaban J connectivity index is 1.81. The maximum absolute atomic E-state index is 5.47. The van der Waals surface area contributed by atoms with Gasteiger partial charge in [-0.05, 0) is 37.1 Å². The number of aryl methyl sites for hydroxylation is 3. The molecule has 0 unspecified atom stereocenters. The molecule has 136 valence electrons. The lowest BCUT2D eigenvalue weighted by molar-refractivity contribution is 0.423. The highest BCUT2D eigenvalue weighted by atomic mass is 16.5. The molecule has 0 spiro atoms. The van der Waals surface area contributed by atoms with E-state index >= 15 is 0 Å². The highest BCUT2D eigenvalue weighted by Crippen LogP contribution is 2.33. The van der Waals surface area contributed by atoms with Gasteiger partial charge < -0.3 is 9.84 Å². The van der Waals surface area contributed by atoms with E-state index in [1.807, 2.05) is 38.1 Å². The van der Waals surface area contributed by atoms with Crippen LogP contribution in [0, 0.1) is 13.8 Å². The lowest BCUT2D eigenvalue weighted by Crippen LogP contribution is -2.04. The molecule has 0 aliphatic carbocycles. The van der Waals surface area contributed by atoms with Crippen LogP contribution in [0.2, 0.25) is 0 Å². The van der Waals surface area contributed by atoms with Crippen molar-refractivity contribution in [2.45, 2.75) is 33.7 Å². The lowest BCUT2D eigenvalue weighted by Gasteiger charge is -2.14. The third kappa shape index (κ3) is 3.38. The molecular formula is C21H21N5O. The van der Waals surface area contributed by atoms with Gasteiger partial charge in [-0.1, -0.05) is 36.3 Å². The Morgan fingerprint density at radius 1 is 1.04 bits per heavy atom. The van der Waals surface area contributed by atoms with Gasteiger partial charge in [-0.2, -0.15) is 4.98 Å². The lowest BCUT2D eigenvalue weighted by atomic mass is 10.1. The van der Waals surface area contributed by atoms with Crippen molar-refractivity contribution in [2.24, 2.45) is 0 Å². The van der Waals surface area contributed by atoms with Gasteiger partial charge in [0.05, 0.1) is 11.3 Å². The number of aromatic nitrogens is 4. The van der Waals surface area contributed by atoms with Gasteiger partial charge in [-0.25, -0.2) is 9.97 Å². The number of anilines is 1. The summed E-state index contributed by atoms with van der Waals surface area (Å²) in [5, 5.41) is 8.51. The van der Waals surface area contributed by atoms with Gasteiger partial charge >= 0.3 is 0 Å². The molecule has 3 aromatic heterocycles. The second-order valence-electron chi connectivity index (χ2n) is 6.52. The minimum atomic E-state index is 0.467. The molecule has 27 heavy (non-hydrogen) atoms. The molecule has 4 aromatic rings. The van der Waals surface area contributed by atoms with Crippen molar-refractivity contribution in [2.75, 3.05) is 5.32 Å². The van der Waals surface area contributed by atoms with E-state index in [1.54, 1.807) is 6.20 Å². The van der Waals surface area contributed by atoms with Crippen LogP contribution >= 0.6 is 0 Å². The van der Waals surface area contributed by atoms with Crippen molar-refractivity contribution < 1.29 is 4.52 Å². The van der Waals surface area contributed by atoms with E-state index in [0.717, 1.165) is 28.8 Å². The molecule has 0 fully saturated rings. The van der Waals surface area contributed by atoms with Crippen molar-refractivity contribution in [3.05, 3.63) is 65.2 Å². The number of nitrogens with zero attached hydrogens (tertiary/aromatic N) is 4. The van der Waals surface area contributed by atoms with E-state index in [2.05, 4.69) is 44.5 Å². The number of nitrogens with one attached hydrogen (secondary N) is 1. The molecule has 0 aliphatic rings. The predicted molar refractivity (Wildman–Crippen MR) is 105 cm³/mol. The summed E-state index contributed by atoms with van der Waals surface area (Å²) in [5.41, 5.74) is 5.79. The van der Waals surface area contributed by atoms with E-state index in [4.69, 9.17) is 4.52 Å². The van der Waals surface area contributed by atoms with Crippen LogP contribution in [0.3, 0.4) is 0 Å². The Labute approximate surface area is 157 Å². The zero-order valence-corrected chi connectivity index (χ0v) is 15.7. The van der Waals surface area contributed by atoms with Crippen molar-refractivity contribution in [1.29, 1.82) is 0 Å². The summed E-state index contributed by atoms with van der Waals surface area (Å²) in [6.45, 7) is 6.75. The van der Waals surface area contributed by atoms with Gasteiger partial charge in [0, 0.05) is 30.2 Å². The van der Waals surface area contributed by atoms with E-state index in [1.165, 1.54) is 11.1 Å². The van der Waals surface area contributed by atoms with Crippen LogP contribution < -0.4 is 5.32 Å². The first kappa shape index (κ1) is 17.1. The van der Waals surface area contributed by atoms with Crippen LogP contribution in [0.25, 0.3) is 22.5 Å². The molecule has 0 saturated heterocycles. The van der Waals surface area contributed by atoms with E-state index in [9.17, 15) is 0 Å². The first-order valence-corrected chi connectivity index (χ1v) is 9.03. The Bertz CT molecular complexity index is 1100. The number of benzene rings is 1. The van der Waals surface area contributed by atoms with Crippen LogP contribution in [0.1, 0.15) is 29.6 Å². The summed E-state index contributed by atoms with van der Waals surface area (Å²) in [4.78, 5) is 13.5. The first-order chi connectivity index (χ1) is 13.2. The number of pyridine rings is 2. The van der Waals surface area contributed by atoms with Gasteiger partial charge in [-0.3, -0.25) is 0 Å². The fourth-order valence-corrected chi connectivity index (χ4v) is 3.02. The molecule has 0 atom stereocenters. The van der Waals surface area contributed by atoms with Crippen LogP contribution in [-0.4, -0.2) is 20.1 Å². The summed E-state index contributed by atoms with van der Waals surface area (Å²) in [7, 11) is 0. The largest absolute Gasteiger partial charge is 0.380 e. The number of hydrogen-bond acceptors (Lipinski definition) is 6. The number of rotatable bonds is 5. The molecular weight excluding hydrogens is 338 g/mol. The molecule has 6 heteroatoms. The highest BCUT2D eigenvalue weighted by Gasteiger charge is 2.17. The Morgan fingerprint density at radius 2 is 1.89 bits per heavy atom. The fourth-order valence-electron chi connectivity index (χ4n) is 3.02. The van der Waals surface area contributed by atoms with E-state index < -0.39 is 0 Å². The summed E-state index contributed by atoms with van der Waals surface area (Å²) in [6.07, 6.45) is 2.47. The molecule has 0 saturated carbocycles. The average molecular weight is 359 g/mol. The van der Waals surface area contributed by atoms with Crippen molar-refractivity contribution >= 4 is 16.7 Å². The maximum Gasteiger partial charge on any atom is 0.261 e. The SMILES string of the molecule is CCc1noc(-c2cnc3nc(C)ccc3c2NCc2ccccc2C)n1. The van der Waals surface area contributed by atoms with Gasteiger partial charge in [0.1, 0.15) is 0 Å². The third-order valence-electron chi connectivity index (χ3n) is 4.60. The van der Waals surface area contributed by atoms with Crippen molar-refractivity contribution in [3.8, 4) is 11.5 Å². The summed E-state index contributed by atoms with van der Waals surface area (Å²) in [6, 6.07) is 12.3. The molecule has 1 aromatic carbocycles. The zero-order chi connectivity index (χ0) is 18.8. The standard InChI is InChI=1S/C21H21N5O/c1-4-18-25-21(27-26-18)17-12-23-20-16(10-9-14(3)24-20)19(17)22-11-15-8-6-5-7-13(15)2/h5-10,12H,4,11H2,1-3H3,(H,22,23,24). The second-order valence-corrected chi connectivity index (χ2v) is 6.52. The van der Waals surface area contributed by atoms with Crippen LogP contribution in [0.15, 0.2) is 47.1 Å². The quantitative estimate of drug-likeness (QED) is 0.566. The zero-order valence-electron chi connectivity index (χ0n) is 15.7. The monoisotopic (exact) mass is 359 g/mol. The van der Waals surface area contributed by atoms with Crippen LogP contribution in [0.5, 0.6) is 0 Å². The molecule has 0 radical (unpaired) electrons. The molecule has 4 rings (SSSR count). The minimum Gasteiger partial charge on any atom is -0.380 e. The van der Waals surface area contributed by atoms with E-state index in [-0.39, 0.29) is 0 Å². The highest BCUT2D eigenvalue weighted by molar-refractivity contribution is 5.96. The molecule has 0 bridgehead atoms. The smallest absolute Gasteiger partial charge is 0.261 e. The average Bonchev–Trinajstić information content (AvgIpc) is 3.16. The van der Waals surface area contributed by atoms with Gasteiger partial charge in [-0.15, -0.1) is 0 Å². The molecule has 0 amide bonds. The van der Waals surface area contributed by atoms with Crippen LogP contribution in [-0.2, 0) is 13.0 Å². The van der Waals surface area contributed by atoms with Crippen molar-refractivity contribution in [3.63, 3.8) is 0 Å². The Morgan fingerprint density at radius 3 is 2.67 bits per heavy atom. The first-order valence-electron chi connectivity index (χ1n) is 9.03. The van der Waals surface area contributed by atoms with Gasteiger partial charge in [0.25, 0.3) is 5.89 Å². The second kappa shape index (κ2) is 7.15. The summed E-state index contributed by atoms with van der Waals surface area (Å²) in [5.74, 6) is 1.14. The van der Waals surface area contributed by atoms with E-state index in [0.29, 0.717) is 23.9 Å². The normalized spacial score (nSPS) is 11.1. The summed E-state index contributed by atoms with van der Waals surface area (Å²) >= 11 is 0. The fraction of sp³-hybridized carbons (Fsp3) is 0.238. The van der Waals surface area contributed by atoms with Crippen molar-refractivity contribution in [1.82, 2.24) is 20.1 Å².